The van der Waals surface area contributed by atoms with Crippen molar-refractivity contribution in [2.45, 2.75) is 9.92 Å². The second-order valence-electron chi connectivity index (χ2n) is 5.36. The van der Waals surface area contributed by atoms with Crippen molar-refractivity contribution in [2.24, 2.45) is 0 Å². The molecule has 126 valence electrons. The maximum atomic E-state index is 12.9. The highest BCUT2D eigenvalue weighted by Gasteiger charge is 2.21. The van der Waals surface area contributed by atoms with Crippen LogP contribution in [0.3, 0.4) is 0 Å². The molecule has 2 N–H and O–H groups in total. The molecular weight excluding hydrogens is 339 g/mol. The van der Waals surface area contributed by atoms with E-state index in [1.165, 1.54) is 36.5 Å². The minimum Gasteiger partial charge on any atom is -0.396 e. The first-order valence-electron chi connectivity index (χ1n) is 7.46. The smallest absolute Gasteiger partial charge is 0.225 e. The number of hydrogen-bond acceptors (Lipinski definition) is 4. The number of nitrogens with zero attached hydrogens (tertiary/aromatic N) is 1. The zero-order chi connectivity index (χ0) is 17.9. The molecule has 0 radical (unpaired) electrons. The molecule has 0 aliphatic carbocycles. The average molecular weight is 354 g/mol. The van der Waals surface area contributed by atoms with Crippen molar-refractivity contribution in [3.05, 3.63) is 83.8 Å². The summed E-state index contributed by atoms with van der Waals surface area (Å²) >= 11 is 0. The molecule has 6 heteroatoms. The zero-order valence-electron chi connectivity index (χ0n) is 13.1. The summed E-state index contributed by atoms with van der Waals surface area (Å²) in [5.74, 6) is -0.291. The molecule has 2 aromatic carbocycles. The van der Waals surface area contributed by atoms with Gasteiger partial charge < -0.3 is 5.73 Å². The lowest BCUT2D eigenvalue weighted by molar-refractivity contribution is 0.593. The molecule has 0 aliphatic rings. The van der Waals surface area contributed by atoms with Gasteiger partial charge in [0, 0.05) is 6.20 Å². The maximum Gasteiger partial charge on any atom is 0.225 e. The lowest BCUT2D eigenvalue weighted by Crippen LogP contribution is -2.07. The van der Waals surface area contributed by atoms with Crippen LogP contribution in [0, 0.1) is 5.82 Å². The lowest BCUT2D eigenvalue weighted by atomic mass is 10.1. The molecule has 0 atom stereocenters. The fraction of sp³-hybridized carbons (Fsp3) is 0. The fourth-order valence-corrected chi connectivity index (χ4v) is 3.56. The van der Waals surface area contributed by atoms with Gasteiger partial charge in [0.15, 0.2) is 5.03 Å². The van der Waals surface area contributed by atoms with Gasteiger partial charge in [-0.15, -0.1) is 0 Å². The van der Waals surface area contributed by atoms with Gasteiger partial charge >= 0.3 is 0 Å². The van der Waals surface area contributed by atoms with Crippen molar-refractivity contribution in [1.29, 1.82) is 0 Å². The van der Waals surface area contributed by atoms with Gasteiger partial charge in [-0.2, -0.15) is 0 Å². The van der Waals surface area contributed by atoms with Gasteiger partial charge in [-0.3, -0.25) is 0 Å². The van der Waals surface area contributed by atoms with Crippen LogP contribution >= 0.6 is 0 Å². The van der Waals surface area contributed by atoms with Gasteiger partial charge in [-0.05, 0) is 47.5 Å². The van der Waals surface area contributed by atoms with E-state index in [-0.39, 0.29) is 21.4 Å². The number of hydrogen-bond donors (Lipinski definition) is 1. The van der Waals surface area contributed by atoms with E-state index in [4.69, 9.17) is 5.73 Å². The Hall–Kier alpha value is -2.99. The third-order valence-corrected chi connectivity index (χ3v) is 5.33. The van der Waals surface area contributed by atoms with Gasteiger partial charge in [0.05, 0.1) is 10.6 Å². The van der Waals surface area contributed by atoms with E-state index in [0.717, 1.165) is 11.1 Å². The Bertz CT molecular complexity index is 1010. The third kappa shape index (κ3) is 3.75. The number of pyridine rings is 1. The minimum atomic E-state index is -3.76. The molecule has 1 heterocycles. The number of anilines is 1. The molecule has 0 saturated heterocycles. The zero-order valence-corrected chi connectivity index (χ0v) is 13.9. The van der Waals surface area contributed by atoms with Crippen molar-refractivity contribution in [2.75, 3.05) is 5.73 Å². The number of nitrogens with two attached hydrogens (primary N) is 1. The first kappa shape index (κ1) is 16.9. The quantitative estimate of drug-likeness (QED) is 0.723. The highest BCUT2D eigenvalue weighted by molar-refractivity contribution is 7.91. The third-order valence-electron chi connectivity index (χ3n) is 3.58. The number of halogens is 1. The van der Waals surface area contributed by atoms with E-state index in [2.05, 4.69) is 4.98 Å². The molecule has 0 bridgehead atoms. The van der Waals surface area contributed by atoms with Crippen molar-refractivity contribution in [3.8, 4) is 0 Å². The molecule has 3 aromatic rings. The average Bonchev–Trinajstić information content (AvgIpc) is 2.62. The fourth-order valence-electron chi connectivity index (χ4n) is 2.26. The van der Waals surface area contributed by atoms with Crippen LogP contribution in [0.25, 0.3) is 12.2 Å². The van der Waals surface area contributed by atoms with Crippen molar-refractivity contribution >= 4 is 27.7 Å². The molecule has 1 aromatic heterocycles. The van der Waals surface area contributed by atoms with Crippen LogP contribution in [0.1, 0.15) is 11.1 Å². The summed E-state index contributed by atoms with van der Waals surface area (Å²) in [4.78, 5) is 4.00. The lowest BCUT2D eigenvalue weighted by Gasteiger charge is -2.06. The second-order valence-corrected chi connectivity index (χ2v) is 7.22. The molecule has 0 spiro atoms. The van der Waals surface area contributed by atoms with Crippen LogP contribution in [0.15, 0.2) is 76.8 Å². The first-order valence-corrected chi connectivity index (χ1v) is 8.94. The van der Waals surface area contributed by atoms with Gasteiger partial charge in [-0.1, -0.05) is 36.4 Å². The SMILES string of the molecule is Nc1cccnc1S(=O)(=O)c1ccc(C=Cc2ccc(F)cc2)cc1. The number of aromatic nitrogens is 1. The van der Waals surface area contributed by atoms with Crippen LogP contribution in [0.5, 0.6) is 0 Å². The standard InChI is InChI=1S/C19H15FN2O2S/c20-16-9-5-14(6-10-16)3-4-15-7-11-17(12-8-15)25(23,24)19-18(21)2-1-13-22-19/h1-13H,21H2. The molecule has 0 aliphatic heterocycles. The number of nitrogen functional groups attached to an aromatic ring is 1. The van der Waals surface area contributed by atoms with Crippen LogP contribution in [-0.2, 0) is 9.84 Å². The molecule has 0 saturated carbocycles. The summed E-state index contributed by atoms with van der Waals surface area (Å²) in [5, 5.41) is -0.149. The first-order chi connectivity index (χ1) is 12.0. The van der Waals surface area contributed by atoms with E-state index < -0.39 is 9.84 Å². The molecule has 3 rings (SSSR count). The van der Waals surface area contributed by atoms with Crippen LogP contribution < -0.4 is 5.73 Å². The maximum absolute atomic E-state index is 12.9. The Morgan fingerprint density at radius 1 is 0.880 bits per heavy atom. The van der Waals surface area contributed by atoms with E-state index in [0.29, 0.717) is 0 Å². The Morgan fingerprint density at radius 3 is 2.00 bits per heavy atom. The monoisotopic (exact) mass is 354 g/mol. The summed E-state index contributed by atoms with van der Waals surface area (Å²) in [7, 11) is -3.76. The van der Waals surface area contributed by atoms with Crippen LogP contribution in [0.4, 0.5) is 10.1 Å². The summed E-state index contributed by atoms with van der Waals surface area (Å²) < 4.78 is 38.0. The Labute approximate surface area is 145 Å². The highest BCUT2D eigenvalue weighted by atomic mass is 32.2. The normalized spacial score (nSPS) is 11.7. The van der Waals surface area contributed by atoms with Gasteiger partial charge in [0.25, 0.3) is 0 Å². The number of benzene rings is 2. The summed E-state index contributed by atoms with van der Waals surface area (Å²) in [6.07, 6.45) is 5.03. The Morgan fingerprint density at radius 2 is 1.44 bits per heavy atom. The number of rotatable bonds is 4. The van der Waals surface area contributed by atoms with Crippen molar-refractivity contribution in [1.82, 2.24) is 4.98 Å². The largest absolute Gasteiger partial charge is 0.396 e. The van der Waals surface area contributed by atoms with Crippen LogP contribution in [-0.4, -0.2) is 13.4 Å². The minimum absolute atomic E-state index is 0.114. The molecule has 4 nitrogen and oxygen atoms in total. The summed E-state index contributed by atoms with van der Waals surface area (Å²) in [6, 6.07) is 15.6. The molecule has 0 fully saturated rings. The van der Waals surface area contributed by atoms with Gasteiger partial charge in [0.2, 0.25) is 9.84 Å². The van der Waals surface area contributed by atoms with E-state index in [9.17, 15) is 12.8 Å². The van der Waals surface area contributed by atoms with Crippen molar-refractivity contribution in [3.63, 3.8) is 0 Å². The number of sulfone groups is 1. The van der Waals surface area contributed by atoms with E-state index >= 15 is 0 Å². The highest BCUT2D eigenvalue weighted by Crippen LogP contribution is 2.24. The Kier molecular flexibility index (Phi) is 4.63. The predicted octanol–water partition coefficient (Wildman–Crippen LogP) is 3.81. The topological polar surface area (TPSA) is 73.0 Å². The predicted molar refractivity (Wildman–Crippen MR) is 95.9 cm³/mol. The Balaban J connectivity index is 1.85. The van der Waals surface area contributed by atoms with E-state index in [1.54, 1.807) is 30.3 Å². The summed E-state index contributed by atoms with van der Waals surface area (Å²) in [6.45, 7) is 0. The molecule has 25 heavy (non-hydrogen) atoms. The van der Waals surface area contributed by atoms with Crippen LogP contribution in [0.2, 0.25) is 0 Å². The van der Waals surface area contributed by atoms with Gasteiger partial charge in [-0.25, -0.2) is 17.8 Å². The van der Waals surface area contributed by atoms with Gasteiger partial charge in [0.1, 0.15) is 5.82 Å². The van der Waals surface area contributed by atoms with Crippen molar-refractivity contribution < 1.29 is 12.8 Å². The molecular formula is C19H15FN2O2S. The summed E-state index contributed by atoms with van der Waals surface area (Å²) in [5.41, 5.74) is 7.49. The molecule has 0 amide bonds. The molecule has 0 unspecified atom stereocenters. The van der Waals surface area contributed by atoms with E-state index in [1.807, 2.05) is 12.2 Å². The second kappa shape index (κ2) is 6.86.